The summed E-state index contributed by atoms with van der Waals surface area (Å²) in [7, 11) is 4.15. The summed E-state index contributed by atoms with van der Waals surface area (Å²) in [5, 5.41) is 0. The van der Waals surface area contributed by atoms with Gasteiger partial charge in [-0.2, -0.15) is 0 Å². The van der Waals surface area contributed by atoms with Gasteiger partial charge in [-0.1, -0.05) is 12.1 Å². The number of para-hydroxylation sites is 2. The molecule has 1 aromatic heterocycles. The van der Waals surface area contributed by atoms with E-state index in [1.165, 1.54) is 52.1 Å². The first kappa shape index (κ1) is 17.0. The fraction of sp³-hybridized carbons (Fsp3) is 0.412. The molecule has 0 unspecified atom stereocenters. The van der Waals surface area contributed by atoms with Crippen molar-refractivity contribution in [2.45, 2.75) is 27.7 Å². The molecule has 0 radical (unpaired) electrons. The fourth-order valence-electron chi connectivity index (χ4n) is 2.66. The maximum atomic E-state index is 3.56. The summed E-state index contributed by atoms with van der Waals surface area (Å²) in [4.78, 5) is 2.51. The zero-order chi connectivity index (χ0) is 16.1. The van der Waals surface area contributed by atoms with E-state index < -0.39 is 0 Å². The van der Waals surface area contributed by atoms with Gasteiger partial charge in [0.1, 0.15) is 0 Å². The van der Waals surface area contributed by atoms with Gasteiger partial charge in [0.15, 0.2) is 0 Å². The number of anilines is 2. The highest BCUT2D eigenvalue weighted by molar-refractivity contribution is 8.03. The fourth-order valence-corrected chi connectivity index (χ4v) is 5.73. The van der Waals surface area contributed by atoms with Gasteiger partial charge >= 0.3 is 0 Å². The molecule has 1 fully saturated rings. The van der Waals surface area contributed by atoms with Gasteiger partial charge in [0.05, 0.1) is 19.8 Å². The van der Waals surface area contributed by atoms with Crippen LogP contribution in [0.4, 0.5) is 11.4 Å². The molecule has 3 rings (SSSR count). The number of benzene rings is 1. The van der Waals surface area contributed by atoms with Crippen molar-refractivity contribution in [3.05, 3.63) is 36.4 Å². The molecule has 6 heteroatoms. The highest BCUT2D eigenvalue weighted by atomic mass is 32.2. The van der Waals surface area contributed by atoms with Crippen molar-refractivity contribution in [1.82, 2.24) is 4.31 Å². The Bertz CT molecular complexity index is 621. The number of nitrogens with zero attached hydrogens (tertiary/aromatic N) is 2. The zero-order valence-corrected chi connectivity index (χ0v) is 16.1. The van der Waals surface area contributed by atoms with Gasteiger partial charge in [-0.25, -0.2) is 0 Å². The van der Waals surface area contributed by atoms with E-state index in [4.69, 9.17) is 0 Å². The third-order valence-electron chi connectivity index (χ3n) is 3.69. The van der Waals surface area contributed by atoms with E-state index in [2.05, 4.69) is 64.4 Å². The normalized spacial score (nSPS) is 15.2. The number of hydrogen-bond acceptors (Lipinski definition) is 6. The Morgan fingerprint density at radius 3 is 2.52 bits per heavy atom. The molecule has 0 bridgehead atoms. The molecule has 0 atom stereocenters. The highest BCUT2D eigenvalue weighted by Crippen LogP contribution is 2.36. The van der Waals surface area contributed by atoms with Crippen molar-refractivity contribution in [2.75, 3.05) is 36.8 Å². The summed E-state index contributed by atoms with van der Waals surface area (Å²) in [6.45, 7) is 2.35. The summed E-state index contributed by atoms with van der Waals surface area (Å²) < 4.78 is 8.30. The van der Waals surface area contributed by atoms with E-state index in [0.29, 0.717) is 0 Å². The molecule has 1 aliphatic rings. The van der Waals surface area contributed by atoms with Crippen molar-refractivity contribution in [3.63, 3.8) is 0 Å². The minimum Gasteiger partial charge on any atom is -0.370 e. The van der Waals surface area contributed by atoms with Crippen LogP contribution in [0.5, 0.6) is 0 Å². The Morgan fingerprint density at radius 1 is 1.00 bits per heavy atom. The van der Waals surface area contributed by atoms with Crippen LogP contribution < -0.4 is 9.62 Å². The lowest BCUT2D eigenvalue weighted by atomic mass is 10.1. The second kappa shape index (κ2) is 8.33. The van der Waals surface area contributed by atoms with E-state index in [1.807, 2.05) is 11.3 Å². The smallest absolute Gasteiger partial charge is 0.0820 e. The summed E-state index contributed by atoms with van der Waals surface area (Å²) in [5.41, 5.74) is 2.55. The Labute approximate surface area is 151 Å². The Kier molecular flexibility index (Phi) is 6.16. The molecule has 124 valence electrons. The predicted molar refractivity (Wildman–Crippen MR) is 106 cm³/mol. The number of nitrogens with one attached hydrogen (secondary N) is 1. The van der Waals surface area contributed by atoms with Gasteiger partial charge in [-0.3, -0.25) is 4.31 Å². The minimum absolute atomic E-state index is 1.17. The maximum absolute atomic E-state index is 3.56. The van der Waals surface area contributed by atoms with Crippen molar-refractivity contribution >= 4 is 46.6 Å². The molecule has 23 heavy (non-hydrogen) atoms. The number of piperidine rings is 1. The Morgan fingerprint density at radius 2 is 1.74 bits per heavy atom. The first-order chi connectivity index (χ1) is 11.2. The summed E-state index contributed by atoms with van der Waals surface area (Å²) in [5.74, 6) is 0. The molecule has 1 N–H and O–H groups in total. The molecule has 0 aliphatic carbocycles. The molecule has 2 heterocycles. The van der Waals surface area contributed by atoms with Crippen molar-refractivity contribution in [1.29, 1.82) is 0 Å². The average molecular weight is 366 g/mol. The molecule has 1 saturated heterocycles. The van der Waals surface area contributed by atoms with E-state index in [9.17, 15) is 0 Å². The summed E-state index contributed by atoms with van der Waals surface area (Å²) in [6.07, 6.45) is 3.97. The van der Waals surface area contributed by atoms with Gasteiger partial charge in [0, 0.05) is 13.1 Å². The monoisotopic (exact) mass is 365 g/mol. The van der Waals surface area contributed by atoms with Crippen LogP contribution in [-0.4, -0.2) is 31.5 Å². The molecule has 2 aromatic rings. The van der Waals surface area contributed by atoms with Crippen LogP contribution >= 0.6 is 35.2 Å². The standard InChI is InChI=1S/C17H23N3S3/c1-19(2)23-17-11-10-16(21-17)22-18-14-8-4-5-9-15(14)20-12-6-3-7-13-20/h4-5,8-11,18H,3,6-7,12-13H2,1-2H3. The van der Waals surface area contributed by atoms with Crippen LogP contribution in [0.3, 0.4) is 0 Å². The van der Waals surface area contributed by atoms with E-state index in [-0.39, 0.29) is 0 Å². The highest BCUT2D eigenvalue weighted by Gasteiger charge is 2.14. The van der Waals surface area contributed by atoms with Crippen molar-refractivity contribution in [3.8, 4) is 0 Å². The quantitative estimate of drug-likeness (QED) is 0.686. The molecular weight excluding hydrogens is 342 g/mol. The third-order valence-corrected chi connectivity index (χ3v) is 6.68. The molecule has 1 aromatic carbocycles. The molecular formula is C17H23N3S3. The lowest BCUT2D eigenvalue weighted by Crippen LogP contribution is -2.29. The van der Waals surface area contributed by atoms with Crippen LogP contribution in [-0.2, 0) is 0 Å². The van der Waals surface area contributed by atoms with Gasteiger partial charge in [0.2, 0.25) is 0 Å². The van der Waals surface area contributed by atoms with Crippen molar-refractivity contribution < 1.29 is 0 Å². The first-order valence-electron chi connectivity index (χ1n) is 7.94. The van der Waals surface area contributed by atoms with Crippen LogP contribution in [0.1, 0.15) is 19.3 Å². The van der Waals surface area contributed by atoms with Crippen LogP contribution in [0.25, 0.3) is 0 Å². The summed E-state index contributed by atoms with van der Waals surface area (Å²) >= 11 is 5.31. The number of rotatable bonds is 6. The lowest BCUT2D eigenvalue weighted by Gasteiger charge is -2.30. The largest absolute Gasteiger partial charge is 0.370 e. The molecule has 3 nitrogen and oxygen atoms in total. The van der Waals surface area contributed by atoms with Crippen LogP contribution in [0, 0.1) is 0 Å². The van der Waals surface area contributed by atoms with Crippen LogP contribution in [0.2, 0.25) is 0 Å². The predicted octanol–water partition coefficient (Wildman–Crippen LogP) is 5.43. The number of thiophene rings is 1. The van der Waals surface area contributed by atoms with E-state index in [1.54, 1.807) is 23.9 Å². The molecule has 0 saturated carbocycles. The zero-order valence-electron chi connectivity index (χ0n) is 13.6. The van der Waals surface area contributed by atoms with E-state index >= 15 is 0 Å². The SMILES string of the molecule is CN(C)Sc1ccc(SNc2ccccc2N2CCCCC2)s1. The van der Waals surface area contributed by atoms with Gasteiger partial charge < -0.3 is 9.62 Å². The second-order valence-electron chi connectivity index (χ2n) is 5.75. The van der Waals surface area contributed by atoms with Gasteiger partial charge in [0.25, 0.3) is 0 Å². The van der Waals surface area contributed by atoms with Gasteiger partial charge in [-0.05, 0) is 81.5 Å². The van der Waals surface area contributed by atoms with E-state index in [0.717, 1.165) is 0 Å². The Hall–Kier alpha value is -0.820. The maximum Gasteiger partial charge on any atom is 0.0820 e. The number of hydrogen-bond donors (Lipinski definition) is 1. The lowest BCUT2D eigenvalue weighted by molar-refractivity contribution is 0.578. The minimum atomic E-state index is 1.17. The average Bonchev–Trinajstić information content (AvgIpc) is 3.01. The molecule has 0 amide bonds. The third kappa shape index (κ3) is 4.83. The molecule has 0 spiro atoms. The Balaban J connectivity index is 1.65. The summed E-state index contributed by atoms with van der Waals surface area (Å²) in [6, 6.07) is 13.0. The van der Waals surface area contributed by atoms with Gasteiger partial charge in [-0.15, -0.1) is 11.3 Å². The van der Waals surface area contributed by atoms with Crippen molar-refractivity contribution in [2.24, 2.45) is 0 Å². The first-order valence-corrected chi connectivity index (χ1v) is 10.3. The topological polar surface area (TPSA) is 18.5 Å². The second-order valence-corrected chi connectivity index (χ2v) is 9.55. The van der Waals surface area contributed by atoms with Crippen LogP contribution in [0.15, 0.2) is 44.8 Å². The molecule has 1 aliphatic heterocycles.